The molecule has 1 nitrogen and oxygen atoms in total. The Hall–Kier alpha value is 2.40. The van der Waals surface area contributed by atoms with Gasteiger partial charge in [0.15, 0.2) is 0 Å². The maximum atomic E-state index is 5.76. The van der Waals surface area contributed by atoms with Crippen LogP contribution < -0.4 is 0 Å². The van der Waals surface area contributed by atoms with Crippen LogP contribution >= 0.6 is 93.1 Å². The quantitative estimate of drug-likeness (QED) is 0.412. The van der Waals surface area contributed by atoms with E-state index >= 15 is 0 Å². The minimum absolute atomic E-state index is 0.130. The van der Waals surface area contributed by atoms with Crippen molar-refractivity contribution >= 4 is 93.1 Å². The average Bonchev–Trinajstić information content (AvgIpc) is 2.08. The standard InChI is InChI=1S/C8H13Cl6NS2/c1-3-15(4-2)5-6(16-7(9,10)11)17-8(12,13)14/h6H,3-5H2,1-2H3. The molecule has 0 rings (SSSR count). The predicted molar refractivity (Wildman–Crippen MR) is 87.3 cm³/mol. The monoisotopic (exact) mass is 397 g/mol. The van der Waals surface area contributed by atoms with Crippen molar-refractivity contribution in [2.45, 2.75) is 24.7 Å². The number of halogens is 6. The van der Waals surface area contributed by atoms with Crippen LogP contribution in [0.2, 0.25) is 0 Å². The van der Waals surface area contributed by atoms with Gasteiger partial charge in [0.2, 0.25) is 6.25 Å². The van der Waals surface area contributed by atoms with Crippen molar-refractivity contribution in [3.63, 3.8) is 0 Å². The molecule has 0 heterocycles. The average molecular weight is 400 g/mol. The summed E-state index contributed by atoms with van der Waals surface area (Å²) in [6, 6.07) is 0. The van der Waals surface area contributed by atoms with Crippen LogP contribution in [0, 0.1) is 0 Å². The summed E-state index contributed by atoms with van der Waals surface area (Å²) in [4.78, 5) is 2.18. The summed E-state index contributed by atoms with van der Waals surface area (Å²) in [6.45, 7) is 6.59. The maximum Gasteiger partial charge on any atom is 0.238 e. The van der Waals surface area contributed by atoms with Crippen LogP contribution in [0.1, 0.15) is 13.8 Å². The Labute approximate surface area is 141 Å². The van der Waals surface area contributed by atoms with Crippen molar-refractivity contribution in [2.24, 2.45) is 0 Å². The molecule has 0 unspecified atom stereocenters. The third-order valence-corrected chi connectivity index (χ3v) is 5.37. The van der Waals surface area contributed by atoms with Crippen LogP contribution in [0.25, 0.3) is 0 Å². The van der Waals surface area contributed by atoms with Gasteiger partial charge >= 0.3 is 0 Å². The van der Waals surface area contributed by atoms with Gasteiger partial charge in [0.1, 0.15) is 0 Å². The van der Waals surface area contributed by atoms with E-state index < -0.39 is 6.25 Å². The molecule has 0 aromatic heterocycles. The fourth-order valence-corrected chi connectivity index (χ4v) is 6.20. The lowest BCUT2D eigenvalue weighted by atomic mass is 10.5. The molecule has 0 spiro atoms. The van der Waals surface area contributed by atoms with E-state index in [1.54, 1.807) is 0 Å². The summed E-state index contributed by atoms with van der Waals surface area (Å²) in [5.41, 5.74) is 0. The molecular weight excluding hydrogens is 387 g/mol. The highest BCUT2D eigenvalue weighted by molar-refractivity contribution is 8.21. The molecule has 0 amide bonds. The van der Waals surface area contributed by atoms with Gasteiger partial charge in [0.25, 0.3) is 0 Å². The molecule has 17 heavy (non-hydrogen) atoms. The van der Waals surface area contributed by atoms with E-state index in [9.17, 15) is 0 Å². The Morgan fingerprint density at radius 3 is 1.47 bits per heavy atom. The summed E-state index contributed by atoms with van der Waals surface area (Å²) in [5.74, 6) is 0. The third kappa shape index (κ3) is 11.9. The van der Waals surface area contributed by atoms with Crippen molar-refractivity contribution < 1.29 is 0 Å². The van der Waals surface area contributed by atoms with Crippen molar-refractivity contribution in [2.75, 3.05) is 19.6 Å². The number of nitrogens with zero attached hydrogens (tertiary/aromatic N) is 1. The van der Waals surface area contributed by atoms with Crippen molar-refractivity contribution in [3.05, 3.63) is 0 Å². The molecule has 0 atom stereocenters. The van der Waals surface area contributed by atoms with E-state index in [1.165, 1.54) is 0 Å². The second kappa shape index (κ2) is 8.63. The normalized spacial score (nSPS) is 13.8. The van der Waals surface area contributed by atoms with Gasteiger partial charge < -0.3 is 4.90 Å². The Balaban J connectivity index is 4.50. The van der Waals surface area contributed by atoms with Crippen molar-refractivity contribution in [3.8, 4) is 0 Å². The van der Waals surface area contributed by atoms with Gasteiger partial charge in [-0.1, -0.05) is 107 Å². The molecule has 0 aromatic carbocycles. The number of alkyl halides is 6. The number of hydrogen-bond donors (Lipinski definition) is 0. The Bertz CT molecular complexity index is 197. The van der Waals surface area contributed by atoms with E-state index in [2.05, 4.69) is 18.7 Å². The molecule has 0 N–H and O–H groups in total. The molecule has 0 aromatic rings. The summed E-state index contributed by atoms with van der Waals surface area (Å²) in [7, 11) is 0. The molecule has 0 bridgehead atoms. The minimum atomic E-state index is -1.42. The predicted octanol–water partition coefficient (Wildman–Crippen LogP) is 5.78. The highest BCUT2D eigenvalue weighted by Gasteiger charge is 2.33. The fraction of sp³-hybridized carbons (Fsp3) is 1.00. The molecule has 0 saturated heterocycles. The van der Waals surface area contributed by atoms with Crippen LogP contribution in [0.4, 0.5) is 0 Å². The van der Waals surface area contributed by atoms with Gasteiger partial charge in [-0.25, -0.2) is 0 Å². The van der Waals surface area contributed by atoms with Gasteiger partial charge in [0.05, 0.1) is 4.58 Å². The summed E-state index contributed by atoms with van der Waals surface area (Å²) in [6.07, 6.45) is 0. The molecule has 0 aliphatic heterocycles. The van der Waals surface area contributed by atoms with Crippen LogP contribution in [-0.2, 0) is 0 Å². The van der Waals surface area contributed by atoms with Gasteiger partial charge in [-0.3, -0.25) is 0 Å². The van der Waals surface area contributed by atoms with Gasteiger partial charge in [-0.05, 0) is 13.1 Å². The van der Waals surface area contributed by atoms with Crippen LogP contribution in [0.3, 0.4) is 0 Å². The van der Waals surface area contributed by atoms with Crippen LogP contribution in [0.15, 0.2) is 0 Å². The highest BCUT2D eigenvalue weighted by Crippen LogP contribution is 2.51. The topological polar surface area (TPSA) is 3.24 Å². The van der Waals surface area contributed by atoms with E-state index in [0.717, 1.165) is 36.6 Å². The molecule has 9 heteroatoms. The molecular formula is C8H13Cl6NS2. The largest absolute Gasteiger partial charge is 0.302 e. The summed E-state index contributed by atoms with van der Waals surface area (Å²) >= 11 is 36.9. The van der Waals surface area contributed by atoms with Gasteiger partial charge in [-0.2, -0.15) is 0 Å². The number of rotatable bonds is 6. The van der Waals surface area contributed by atoms with E-state index in [-0.39, 0.29) is 4.58 Å². The highest BCUT2D eigenvalue weighted by atomic mass is 35.6. The summed E-state index contributed by atoms with van der Waals surface area (Å²) < 4.78 is -2.96. The van der Waals surface area contributed by atoms with Crippen LogP contribution in [-0.4, -0.2) is 35.4 Å². The lowest BCUT2D eigenvalue weighted by Crippen LogP contribution is -2.31. The SMILES string of the molecule is CCN(CC)CC(SC(Cl)(Cl)Cl)SC(Cl)(Cl)Cl. The first-order valence-corrected chi connectivity index (χ1v) is 8.81. The van der Waals surface area contributed by atoms with E-state index in [1.807, 2.05) is 0 Å². The third-order valence-electron chi connectivity index (χ3n) is 1.83. The second-order valence-electron chi connectivity index (χ2n) is 3.04. The van der Waals surface area contributed by atoms with E-state index in [0.29, 0.717) is 6.54 Å². The lowest BCUT2D eigenvalue weighted by molar-refractivity contribution is 0.319. The molecule has 0 aliphatic carbocycles. The zero-order chi connectivity index (χ0) is 13.7. The number of thioether (sulfide) groups is 2. The zero-order valence-corrected chi connectivity index (χ0v) is 15.4. The summed E-state index contributed by atoms with van der Waals surface area (Å²) in [5, 5.41) is 0. The Kier molecular flexibility index (Phi) is 9.85. The lowest BCUT2D eigenvalue weighted by Gasteiger charge is -2.28. The zero-order valence-electron chi connectivity index (χ0n) is 9.23. The molecule has 0 aliphatic rings. The van der Waals surface area contributed by atoms with Crippen molar-refractivity contribution in [1.29, 1.82) is 0 Å². The number of hydrogen-bond acceptors (Lipinski definition) is 3. The fourth-order valence-electron chi connectivity index (χ4n) is 1.09. The first-order chi connectivity index (χ1) is 7.57. The van der Waals surface area contributed by atoms with Crippen LogP contribution in [0.5, 0.6) is 0 Å². The second-order valence-corrected chi connectivity index (χ2v) is 12.1. The molecule has 0 radical (unpaired) electrons. The first-order valence-electron chi connectivity index (χ1n) is 4.78. The van der Waals surface area contributed by atoms with E-state index in [4.69, 9.17) is 69.6 Å². The molecule has 0 fully saturated rings. The Morgan fingerprint density at radius 2 is 1.24 bits per heavy atom. The molecule has 0 saturated carbocycles. The van der Waals surface area contributed by atoms with Gasteiger partial charge in [0, 0.05) is 6.54 Å². The smallest absolute Gasteiger partial charge is 0.238 e. The first kappa shape index (κ1) is 19.4. The minimum Gasteiger partial charge on any atom is -0.302 e. The Morgan fingerprint density at radius 1 is 0.882 bits per heavy atom. The maximum absolute atomic E-state index is 5.76. The molecule has 104 valence electrons. The van der Waals surface area contributed by atoms with Crippen molar-refractivity contribution in [1.82, 2.24) is 4.90 Å². The van der Waals surface area contributed by atoms with Gasteiger partial charge in [-0.15, -0.1) is 0 Å².